The summed E-state index contributed by atoms with van der Waals surface area (Å²) < 4.78 is 50.4. The number of nitro groups is 1. The lowest BCUT2D eigenvalue weighted by Gasteiger charge is -2.34. The van der Waals surface area contributed by atoms with Gasteiger partial charge in [-0.05, 0) is 39.5 Å². The Hall–Kier alpha value is -2.52. The maximum atomic E-state index is 13.4. The number of ether oxygens (including phenoxy) is 2. The molecule has 1 aromatic rings. The van der Waals surface area contributed by atoms with Crippen LogP contribution in [0.2, 0.25) is 0 Å². The van der Waals surface area contributed by atoms with Crippen LogP contribution in [0.1, 0.15) is 50.7 Å². The van der Waals surface area contributed by atoms with Gasteiger partial charge in [0, 0.05) is 30.8 Å². The first-order chi connectivity index (χ1) is 12.8. The number of hydrogen-bond donors (Lipinski definition) is 0. The molecule has 1 saturated heterocycles. The number of amides is 1. The second-order valence-electron chi connectivity index (χ2n) is 7.61. The van der Waals surface area contributed by atoms with Crippen molar-refractivity contribution in [1.82, 2.24) is 4.90 Å². The highest BCUT2D eigenvalue weighted by Gasteiger charge is 2.39. The molecular formula is C18H23F3N2O5. The number of non-ortho nitro benzene ring substituents is 1. The molecule has 0 atom stereocenters. The van der Waals surface area contributed by atoms with E-state index in [1.807, 2.05) is 0 Å². The van der Waals surface area contributed by atoms with Crippen molar-refractivity contribution in [3.05, 3.63) is 33.4 Å². The minimum Gasteiger partial charge on any atom is -0.496 e. The van der Waals surface area contributed by atoms with Gasteiger partial charge in [-0.2, -0.15) is 13.2 Å². The van der Waals surface area contributed by atoms with Crippen molar-refractivity contribution in [2.24, 2.45) is 0 Å². The van der Waals surface area contributed by atoms with Crippen LogP contribution in [0, 0.1) is 10.1 Å². The molecule has 1 aliphatic rings. The monoisotopic (exact) mass is 404 g/mol. The zero-order valence-corrected chi connectivity index (χ0v) is 16.1. The summed E-state index contributed by atoms with van der Waals surface area (Å²) in [6.07, 6.45) is -4.60. The maximum Gasteiger partial charge on any atom is 0.420 e. The van der Waals surface area contributed by atoms with Crippen molar-refractivity contribution in [2.75, 3.05) is 20.2 Å². The molecule has 0 bridgehead atoms. The van der Waals surface area contributed by atoms with E-state index in [0.717, 1.165) is 13.2 Å². The summed E-state index contributed by atoms with van der Waals surface area (Å²) in [5.74, 6) is -0.816. The van der Waals surface area contributed by atoms with Crippen LogP contribution in [0.4, 0.5) is 23.7 Å². The standard InChI is InChI=1S/C18H23F3N2O5/c1-17(2,3)28-16(24)22-7-5-11(6-8-22)13-9-12(23(25)26)10-14(15(13)27-4)18(19,20)21/h9-11H,5-8H2,1-4H3. The van der Waals surface area contributed by atoms with Gasteiger partial charge in [-0.3, -0.25) is 10.1 Å². The van der Waals surface area contributed by atoms with Gasteiger partial charge in [0.05, 0.1) is 12.0 Å². The molecule has 0 unspecified atom stereocenters. The molecule has 1 aromatic carbocycles. The van der Waals surface area contributed by atoms with Crippen molar-refractivity contribution in [1.29, 1.82) is 0 Å². The van der Waals surface area contributed by atoms with E-state index in [9.17, 15) is 28.1 Å². The number of halogens is 3. The number of benzene rings is 1. The van der Waals surface area contributed by atoms with E-state index in [4.69, 9.17) is 9.47 Å². The Morgan fingerprint density at radius 1 is 1.21 bits per heavy atom. The fourth-order valence-electron chi connectivity index (χ4n) is 3.18. The van der Waals surface area contributed by atoms with Gasteiger partial charge in [0.25, 0.3) is 5.69 Å². The molecule has 1 heterocycles. The zero-order valence-electron chi connectivity index (χ0n) is 16.1. The van der Waals surface area contributed by atoms with Crippen LogP contribution in [-0.2, 0) is 10.9 Å². The molecule has 0 aliphatic carbocycles. The van der Waals surface area contributed by atoms with Gasteiger partial charge in [-0.1, -0.05) is 0 Å². The first-order valence-corrected chi connectivity index (χ1v) is 8.75. The summed E-state index contributed by atoms with van der Waals surface area (Å²) >= 11 is 0. The second-order valence-corrected chi connectivity index (χ2v) is 7.61. The third-order valence-corrected chi connectivity index (χ3v) is 4.41. The van der Waals surface area contributed by atoms with E-state index in [1.165, 1.54) is 4.90 Å². The molecule has 1 aliphatic heterocycles. The van der Waals surface area contributed by atoms with Crippen LogP contribution in [0.15, 0.2) is 12.1 Å². The van der Waals surface area contributed by atoms with Gasteiger partial charge < -0.3 is 14.4 Å². The molecule has 0 radical (unpaired) electrons. The quantitative estimate of drug-likeness (QED) is 0.537. The fraction of sp³-hybridized carbons (Fsp3) is 0.611. The van der Waals surface area contributed by atoms with Gasteiger partial charge >= 0.3 is 12.3 Å². The van der Waals surface area contributed by atoms with E-state index < -0.39 is 45.7 Å². The van der Waals surface area contributed by atoms with Crippen molar-refractivity contribution in [3.63, 3.8) is 0 Å². The molecule has 0 spiro atoms. The van der Waals surface area contributed by atoms with Crippen LogP contribution < -0.4 is 4.74 Å². The highest BCUT2D eigenvalue weighted by molar-refractivity contribution is 5.68. The van der Waals surface area contributed by atoms with Gasteiger partial charge in [-0.25, -0.2) is 4.79 Å². The lowest BCUT2D eigenvalue weighted by molar-refractivity contribution is -0.385. The molecule has 0 aromatic heterocycles. The third-order valence-electron chi connectivity index (χ3n) is 4.41. The largest absolute Gasteiger partial charge is 0.496 e. The Kier molecular flexibility index (Phi) is 6.10. The van der Waals surface area contributed by atoms with Gasteiger partial charge in [0.15, 0.2) is 0 Å². The van der Waals surface area contributed by atoms with Crippen LogP contribution in [0.5, 0.6) is 5.75 Å². The predicted octanol–water partition coefficient (Wildman–Crippen LogP) is 4.74. The minimum atomic E-state index is -4.79. The number of carbonyl (C=O) groups is 1. The molecule has 1 fully saturated rings. The number of methoxy groups -OCH3 is 1. The summed E-state index contributed by atoms with van der Waals surface area (Å²) in [6.45, 7) is 5.76. The Balaban J connectivity index is 2.30. The van der Waals surface area contributed by atoms with Crippen LogP contribution in [0.25, 0.3) is 0 Å². The van der Waals surface area contributed by atoms with Crippen LogP contribution >= 0.6 is 0 Å². The molecule has 0 saturated carbocycles. The molecule has 10 heteroatoms. The van der Waals surface area contributed by atoms with Gasteiger partial charge in [-0.15, -0.1) is 0 Å². The normalized spacial score (nSPS) is 16.0. The molecule has 2 rings (SSSR count). The van der Waals surface area contributed by atoms with Crippen molar-refractivity contribution in [3.8, 4) is 5.75 Å². The van der Waals surface area contributed by atoms with Gasteiger partial charge in [0.1, 0.15) is 16.9 Å². The lowest BCUT2D eigenvalue weighted by atomic mass is 9.87. The lowest BCUT2D eigenvalue weighted by Crippen LogP contribution is -2.41. The number of likely N-dealkylation sites (tertiary alicyclic amines) is 1. The van der Waals surface area contributed by atoms with E-state index in [0.29, 0.717) is 18.9 Å². The molecule has 1 amide bonds. The smallest absolute Gasteiger partial charge is 0.420 e. The first-order valence-electron chi connectivity index (χ1n) is 8.75. The number of piperidine rings is 1. The minimum absolute atomic E-state index is 0.132. The summed E-state index contributed by atoms with van der Waals surface area (Å²) in [4.78, 5) is 23.9. The summed E-state index contributed by atoms with van der Waals surface area (Å²) in [6, 6.07) is 1.61. The van der Waals surface area contributed by atoms with Crippen LogP contribution in [0.3, 0.4) is 0 Å². The second kappa shape index (κ2) is 7.84. The molecule has 28 heavy (non-hydrogen) atoms. The van der Waals surface area contributed by atoms with Crippen molar-refractivity contribution < 1.29 is 32.4 Å². The number of nitrogens with zero attached hydrogens (tertiary/aromatic N) is 2. The number of hydrogen-bond acceptors (Lipinski definition) is 5. The van der Waals surface area contributed by atoms with Crippen LogP contribution in [-0.4, -0.2) is 41.7 Å². The van der Waals surface area contributed by atoms with E-state index in [2.05, 4.69) is 0 Å². The van der Waals surface area contributed by atoms with E-state index in [1.54, 1.807) is 20.8 Å². The highest BCUT2D eigenvalue weighted by Crippen LogP contribution is 2.45. The molecule has 7 nitrogen and oxygen atoms in total. The fourth-order valence-corrected chi connectivity index (χ4v) is 3.18. The summed E-state index contributed by atoms with van der Waals surface area (Å²) in [5.41, 5.74) is -2.34. The Bertz CT molecular complexity index is 751. The Morgan fingerprint density at radius 2 is 1.79 bits per heavy atom. The van der Waals surface area contributed by atoms with E-state index >= 15 is 0 Å². The summed E-state index contributed by atoms with van der Waals surface area (Å²) in [7, 11) is 1.11. The molecule has 0 N–H and O–H groups in total. The highest BCUT2D eigenvalue weighted by atomic mass is 19.4. The number of nitro benzene ring substituents is 1. The average molecular weight is 404 g/mol. The Morgan fingerprint density at radius 3 is 2.21 bits per heavy atom. The number of rotatable bonds is 3. The first kappa shape index (κ1) is 21.8. The number of alkyl halides is 3. The SMILES string of the molecule is COc1c(C2CCN(C(=O)OC(C)(C)C)CC2)cc([N+](=O)[O-])cc1C(F)(F)F. The third kappa shape index (κ3) is 5.05. The maximum absolute atomic E-state index is 13.4. The summed E-state index contributed by atoms with van der Waals surface area (Å²) in [5, 5.41) is 11.1. The molecule has 156 valence electrons. The van der Waals surface area contributed by atoms with Crippen molar-refractivity contribution in [2.45, 2.75) is 51.3 Å². The average Bonchev–Trinajstić information content (AvgIpc) is 2.58. The number of carbonyl (C=O) groups excluding carboxylic acids is 1. The predicted molar refractivity (Wildman–Crippen MR) is 94.4 cm³/mol. The van der Waals surface area contributed by atoms with E-state index in [-0.39, 0.29) is 18.7 Å². The zero-order chi connectivity index (χ0) is 21.3. The topological polar surface area (TPSA) is 81.9 Å². The molecular weight excluding hydrogens is 381 g/mol. The van der Waals surface area contributed by atoms with Gasteiger partial charge in [0.2, 0.25) is 0 Å². The Labute approximate surface area is 160 Å². The van der Waals surface area contributed by atoms with Crippen molar-refractivity contribution >= 4 is 11.8 Å².